The Hall–Kier alpha value is -1.09. The summed E-state index contributed by atoms with van der Waals surface area (Å²) >= 11 is 0. The monoisotopic (exact) mass is 251 g/mol. The van der Waals surface area contributed by atoms with Crippen LogP contribution in [0.25, 0.3) is 0 Å². The van der Waals surface area contributed by atoms with E-state index >= 15 is 0 Å². The van der Waals surface area contributed by atoms with Crippen molar-refractivity contribution in [3.63, 3.8) is 0 Å². The largest absolute Gasteiger partial charge is 0.389 e. The number of benzene rings is 1. The first-order chi connectivity index (χ1) is 8.61. The van der Waals surface area contributed by atoms with Crippen LogP contribution < -0.4 is 4.90 Å². The van der Waals surface area contributed by atoms with Crippen molar-refractivity contribution < 1.29 is 9.50 Å². The molecule has 1 aromatic carbocycles. The second-order valence-electron chi connectivity index (χ2n) is 5.25. The zero-order valence-electron chi connectivity index (χ0n) is 11.2. The first-order valence-corrected chi connectivity index (χ1v) is 6.84. The molecule has 2 rings (SSSR count). The third-order valence-corrected chi connectivity index (χ3v) is 3.89. The van der Waals surface area contributed by atoms with Gasteiger partial charge in [-0.15, -0.1) is 0 Å². The molecule has 0 radical (unpaired) electrons. The van der Waals surface area contributed by atoms with Gasteiger partial charge in [0.1, 0.15) is 5.82 Å². The molecule has 0 aromatic heterocycles. The molecule has 0 spiro atoms. The van der Waals surface area contributed by atoms with Gasteiger partial charge in [0.05, 0.1) is 11.8 Å². The maximum absolute atomic E-state index is 14.1. The summed E-state index contributed by atoms with van der Waals surface area (Å²) < 4.78 is 14.1. The molecule has 0 saturated carbocycles. The van der Waals surface area contributed by atoms with Gasteiger partial charge < -0.3 is 10.0 Å². The molecule has 1 N–H and O–H groups in total. The minimum absolute atomic E-state index is 0.217. The fraction of sp³-hybridized carbons (Fsp3) is 0.600. The Kier molecular flexibility index (Phi) is 4.23. The Morgan fingerprint density at radius 1 is 1.50 bits per heavy atom. The summed E-state index contributed by atoms with van der Waals surface area (Å²) in [6.45, 7) is 5.73. The molecule has 1 aliphatic rings. The second-order valence-corrected chi connectivity index (χ2v) is 5.25. The van der Waals surface area contributed by atoms with Crippen LogP contribution in [0.15, 0.2) is 18.2 Å². The lowest BCUT2D eigenvalue weighted by Crippen LogP contribution is -2.35. The van der Waals surface area contributed by atoms with Gasteiger partial charge in [-0.2, -0.15) is 0 Å². The molecule has 2 atom stereocenters. The topological polar surface area (TPSA) is 23.5 Å². The van der Waals surface area contributed by atoms with E-state index in [-0.39, 0.29) is 5.82 Å². The van der Waals surface area contributed by atoms with Crippen LogP contribution in [0.1, 0.15) is 44.8 Å². The van der Waals surface area contributed by atoms with Gasteiger partial charge in [0.2, 0.25) is 0 Å². The first-order valence-electron chi connectivity index (χ1n) is 6.84. The molecular weight excluding hydrogens is 229 g/mol. The molecule has 0 aliphatic carbocycles. The fourth-order valence-electron chi connectivity index (χ4n) is 2.66. The van der Waals surface area contributed by atoms with Crippen molar-refractivity contribution >= 4 is 5.69 Å². The number of anilines is 1. The number of hydrogen-bond donors (Lipinski definition) is 1. The summed E-state index contributed by atoms with van der Waals surface area (Å²) in [5.74, 6) is 0.458. The van der Waals surface area contributed by atoms with Gasteiger partial charge in [0.15, 0.2) is 0 Å². The number of aliphatic hydroxyl groups excluding tert-OH is 1. The lowest BCUT2D eigenvalue weighted by molar-refractivity contribution is 0.199. The van der Waals surface area contributed by atoms with Gasteiger partial charge >= 0.3 is 0 Å². The van der Waals surface area contributed by atoms with Crippen molar-refractivity contribution in [2.75, 3.05) is 18.0 Å². The molecule has 18 heavy (non-hydrogen) atoms. The summed E-state index contributed by atoms with van der Waals surface area (Å²) in [4.78, 5) is 2.14. The predicted molar refractivity (Wildman–Crippen MR) is 72.3 cm³/mol. The number of hydrogen-bond acceptors (Lipinski definition) is 2. The van der Waals surface area contributed by atoms with E-state index in [4.69, 9.17) is 0 Å². The second kappa shape index (κ2) is 5.70. The number of piperidine rings is 1. The smallest absolute Gasteiger partial charge is 0.146 e. The van der Waals surface area contributed by atoms with Crippen molar-refractivity contribution in [2.24, 2.45) is 5.92 Å². The molecule has 100 valence electrons. The Balaban J connectivity index is 2.17. The molecule has 2 nitrogen and oxygen atoms in total. The van der Waals surface area contributed by atoms with Crippen molar-refractivity contribution in [1.82, 2.24) is 0 Å². The minimum atomic E-state index is -0.613. The van der Waals surface area contributed by atoms with E-state index in [1.165, 1.54) is 12.5 Å². The summed E-state index contributed by atoms with van der Waals surface area (Å²) in [5.41, 5.74) is 1.32. The van der Waals surface area contributed by atoms with Crippen LogP contribution in [0.5, 0.6) is 0 Å². The van der Waals surface area contributed by atoms with Gasteiger partial charge in [-0.3, -0.25) is 0 Å². The Morgan fingerprint density at radius 2 is 2.28 bits per heavy atom. The van der Waals surface area contributed by atoms with Crippen LogP contribution in [-0.2, 0) is 0 Å². The predicted octanol–water partition coefficient (Wildman–Crippen LogP) is 3.51. The molecule has 1 heterocycles. The molecule has 1 fully saturated rings. The average molecular weight is 251 g/mol. The average Bonchev–Trinajstić information content (AvgIpc) is 2.38. The minimum Gasteiger partial charge on any atom is -0.389 e. The van der Waals surface area contributed by atoms with Crippen molar-refractivity contribution in [2.45, 2.75) is 39.2 Å². The highest BCUT2D eigenvalue weighted by molar-refractivity contribution is 5.49. The van der Waals surface area contributed by atoms with E-state index in [0.717, 1.165) is 25.9 Å². The van der Waals surface area contributed by atoms with Crippen molar-refractivity contribution in [1.29, 1.82) is 0 Å². The van der Waals surface area contributed by atoms with Gasteiger partial charge in [-0.25, -0.2) is 4.39 Å². The molecule has 0 amide bonds. The summed E-state index contributed by atoms with van der Waals surface area (Å²) in [7, 11) is 0. The summed E-state index contributed by atoms with van der Waals surface area (Å²) in [6, 6.07) is 5.07. The summed E-state index contributed by atoms with van der Waals surface area (Å²) in [6.07, 6.45) is 2.93. The molecule has 1 aliphatic heterocycles. The molecule has 1 unspecified atom stereocenters. The van der Waals surface area contributed by atoms with E-state index in [9.17, 15) is 9.50 Å². The van der Waals surface area contributed by atoms with Gasteiger partial charge in [-0.1, -0.05) is 19.4 Å². The molecule has 1 aromatic rings. The highest BCUT2D eigenvalue weighted by atomic mass is 19.1. The Bertz CT molecular complexity index is 405. The van der Waals surface area contributed by atoms with E-state index in [0.29, 0.717) is 17.2 Å². The maximum Gasteiger partial charge on any atom is 0.146 e. The van der Waals surface area contributed by atoms with Gasteiger partial charge in [0, 0.05) is 13.1 Å². The third-order valence-electron chi connectivity index (χ3n) is 3.89. The maximum atomic E-state index is 14.1. The van der Waals surface area contributed by atoms with Crippen LogP contribution in [0.2, 0.25) is 0 Å². The number of halogens is 1. The van der Waals surface area contributed by atoms with E-state index in [2.05, 4.69) is 11.8 Å². The van der Waals surface area contributed by atoms with Crippen LogP contribution >= 0.6 is 0 Å². The standard InChI is InChI=1S/C15H22FNO/c1-3-12-5-4-8-17(10-12)15-7-6-13(11(2)18)9-14(15)16/h6-7,9,11-12,18H,3-5,8,10H2,1-2H3/t11-,12?/m0/s1. The van der Waals surface area contributed by atoms with E-state index < -0.39 is 6.10 Å². The third kappa shape index (κ3) is 2.83. The fourth-order valence-corrected chi connectivity index (χ4v) is 2.66. The summed E-state index contributed by atoms with van der Waals surface area (Å²) in [5, 5.41) is 9.45. The van der Waals surface area contributed by atoms with Crippen LogP contribution in [0.4, 0.5) is 10.1 Å². The van der Waals surface area contributed by atoms with Crippen molar-refractivity contribution in [3.8, 4) is 0 Å². The number of nitrogens with zero attached hydrogens (tertiary/aromatic N) is 1. The lowest BCUT2D eigenvalue weighted by Gasteiger charge is -2.34. The van der Waals surface area contributed by atoms with E-state index in [1.54, 1.807) is 13.0 Å². The number of rotatable bonds is 3. The normalized spacial score (nSPS) is 22.0. The highest BCUT2D eigenvalue weighted by Gasteiger charge is 2.21. The van der Waals surface area contributed by atoms with E-state index in [1.807, 2.05) is 6.07 Å². The molecule has 1 saturated heterocycles. The zero-order valence-corrected chi connectivity index (χ0v) is 11.2. The Labute approximate surface area is 108 Å². The van der Waals surface area contributed by atoms with Crippen LogP contribution in [0, 0.1) is 11.7 Å². The lowest BCUT2D eigenvalue weighted by atomic mass is 9.95. The molecule has 0 bridgehead atoms. The van der Waals surface area contributed by atoms with Gasteiger partial charge in [0.25, 0.3) is 0 Å². The van der Waals surface area contributed by atoms with Crippen molar-refractivity contribution in [3.05, 3.63) is 29.6 Å². The highest BCUT2D eigenvalue weighted by Crippen LogP contribution is 2.28. The molecular formula is C15H22FNO. The quantitative estimate of drug-likeness (QED) is 0.888. The zero-order chi connectivity index (χ0) is 13.1. The SMILES string of the molecule is CCC1CCCN(c2ccc([C@H](C)O)cc2F)C1. The van der Waals surface area contributed by atoms with Gasteiger partial charge in [-0.05, 0) is 43.4 Å². The van der Waals surface area contributed by atoms with Crippen LogP contribution in [0.3, 0.4) is 0 Å². The number of aliphatic hydroxyl groups is 1. The van der Waals surface area contributed by atoms with Crippen LogP contribution in [-0.4, -0.2) is 18.2 Å². The Morgan fingerprint density at radius 3 is 2.89 bits per heavy atom. The first kappa shape index (κ1) is 13.3. The molecule has 3 heteroatoms.